The lowest BCUT2D eigenvalue weighted by atomic mass is 10.0. The molecule has 0 spiro atoms. The lowest BCUT2D eigenvalue weighted by molar-refractivity contribution is -0.136. The van der Waals surface area contributed by atoms with Crippen LogP contribution >= 0.6 is 0 Å². The van der Waals surface area contributed by atoms with E-state index in [0.29, 0.717) is 19.5 Å². The van der Waals surface area contributed by atoms with Gasteiger partial charge in [-0.25, -0.2) is 4.79 Å². The predicted molar refractivity (Wildman–Crippen MR) is 109 cm³/mol. The molecule has 2 aliphatic rings. The lowest BCUT2D eigenvalue weighted by Crippen LogP contribution is -2.39. The van der Waals surface area contributed by atoms with Gasteiger partial charge < -0.3 is 14.8 Å². The molecule has 1 saturated carbocycles. The first kappa shape index (κ1) is 19.0. The normalized spacial score (nSPS) is 16.6. The summed E-state index contributed by atoms with van der Waals surface area (Å²) in [7, 11) is 0. The minimum atomic E-state index is -4.52. The van der Waals surface area contributed by atoms with Crippen LogP contribution in [0.2, 0.25) is 0 Å². The Balaban J connectivity index is 1.42. The summed E-state index contributed by atoms with van der Waals surface area (Å²) in [6, 6.07) is 12.8. The number of nitrogens with one attached hydrogen (secondary N) is 1. The summed E-state index contributed by atoms with van der Waals surface area (Å²) in [4.78, 5) is 14.4. The molecule has 0 atom stereocenters. The molecule has 0 bridgehead atoms. The van der Waals surface area contributed by atoms with Crippen LogP contribution in [0.1, 0.15) is 29.7 Å². The number of para-hydroxylation sites is 2. The van der Waals surface area contributed by atoms with Gasteiger partial charge in [-0.2, -0.15) is 13.2 Å². The van der Waals surface area contributed by atoms with Crippen molar-refractivity contribution in [1.82, 2.24) is 9.47 Å². The molecule has 5 rings (SSSR count). The van der Waals surface area contributed by atoms with Gasteiger partial charge in [-0.1, -0.05) is 30.3 Å². The molecule has 1 N–H and O–H groups in total. The number of anilines is 1. The number of carbonyl (C=O) groups is 1. The molecule has 2 heterocycles. The Bertz CT molecular complexity index is 1110. The van der Waals surface area contributed by atoms with Crippen molar-refractivity contribution in [3.8, 4) is 0 Å². The Kier molecular flexibility index (Phi) is 4.49. The van der Waals surface area contributed by atoms with E-state index in [1.54, 1.807) is 4.90 Å². The number of nitrogens with zero attached hydrogens (tertiary/aromatic N) is 2. The Morgan fingerprint density at radius 1 is 1.07 bits per heavy atom. The molecule has 30 heavy (non-hydrogen) atoms. The summed E-state index contributed by atoms with van der Waals surface area (Å²) in [6.45, 7) is 1.88. The number of hydrogen-bond acceptors (Lipinski definition) is 1. The molecule has 0 saturated heterocycles. The number of benzene rings is 2. The standard InChI is InChI=1S/C23H22F3N3O/c24-23(25,26)18-6-2-3-7-19(18)27-22(30)28-12-11-21-17(14-28)16-5-1-4-8-20(16)29(21)13-15-9-10-15/h1-8,15H,9-14H2,(H,27,30). The van der Waals surface area contributed by atoms with Crippen molar-refractivity contribution in [1.29, 1.82) is 0 Å². The molecule has 3 aromatic rings. The first-order valence-corrected chi connectivity index (χ1v) is 10.2. The highest BCUT2D eigenvalue weighted by molar-refractivity contribution is 5.92. The van der Waals surface area contributed by atoms with Crippen LogP contribution in [-0.4, -0.2) is 22.0 Å². The fourth-order valence-corrected chi connectivity index (χ4v) is 4.38. The van der Waals surface area contributed by atoms with Gasteiger partial charge >= 0.3 is 12.2 Å². The van der Waals surface area contributed by atoms with Gasteiger partial charge in [0.05, 0.1) is 11.3 Å². The van der Waals surface area contributed by atoms with E-state index in [1.807, 2.05) is 12.1 Å². The molecule has 1 aliphatic heterocycles. The molecule has 2 aromatic carbocycles. The van der Waals surface area contributed by atoms with E-state index in [1.165, 1.54) is 42.3 Å². The van der Waals surface area contributed by atoms with E-state index in [0.717, 1.165) is 29.5 Å². The highest BCUT2D eigenvalue weighted by Crippen LogP contribution is 2.37. The maximum Gasteiger partial charge on any atom is 0.418 e. The third kappa shape index (κ3) is 3.42. The van der Waals surface area contributed by atoms with Crippen LogP contribution < -0.4 is 5.32 Å². The van der Waals surface area contributed by atoms with Gasteiger partial charge in [0.15, 0.2) is 0 Å². The second-order valence-electron chi connectivity index (χ2n) is 8.14. The molecule has 1 aromatic heterocycles. The molecular formula is C23H22F3N3O. The van der Waals surface area contributed by atoms with Crippen LogP contribution in [0.3, 0.4) is 0 Å². The van der Waals surface area contributed by atoms with Gasteiger partial charge in [-0.3, -0.25) is 0 Å². The minimum Gasteiger partial charge on any atom is -0.344 e. The Morgan fingerprint density at radius 2 is 1.80 bits per heavy atom. The number of hydrogen-bond donors (Lipinski definition) is 1. The number of alkyl halides is 3. The Hall–Kier alpha value is -2.96. The third-order valence-corrected chi connectivity index (χ3v) is 6.06. The lowest BCUT2D eigenvalue weighted by Gasteiger charge is -2.29. The summed E-state index contributed by atoms with van der Waals surface area (Å²) in [5.41, 5.74) is 2.49. The number of carbonyl (C=O) groups excluding carboxylic acids is 1. The average molecular weight is 413 g/mol. The fourth-order valence-electron chi connectivity index (χ4n) is 4.38. The van der Waals surface area contributed by atoms with E-state index in [4.69, 9.17) is 0 Å². The average Bonchev–Trinajstić information content (AvgIpc) is 3.50. The summed E-state index contributed by atoms with van der Waals surface area (Å²) >= 11 is 0. The van der Waals surface area contributed by atoms with Crippen molar-refractivity contribution < 1.29 is 18.0 Å². The van der Waals surface area contributed by atoms with Crippen molar-refractivity contribution >= 4 is 22.6 Å². The molecule has 0 radical (unpaired) electrons. The van der Waals surface area contributed by atoms with E-state index in [2.05, 4.69) is 22.0 Å². The zero-order valence-electron chi connectivity index (χ0n) is 16.4. The van der Waals surface area contributed by atoms with Crippen molar-refractivity contribution in [2.75, 3.05) is 11.9 Å². The molecule has 1 fully saturated rings. The van der Waals surface area contributed by atoms with Gasteiger partial charge in [0, 0.05) is 48.2 Å². The van der Waals surface area contributed by atoms with Crippen LogP contribution in [0.15, 0.2) is 48.5 Å². The quantitative estimate of drug-likeness (QED) is 0.591. The van der Waals surface area contributed by atoms with Crippen molar-refractivity contribution in [3.05, 3.63) is 65.4 Å². The number of halogens is 3. The Labute approximate surface area is 172 Å². The first-order valence-electron chi connectivity index (χ1n) is 10.2. The summed E-state index contributed by atoms with van der Waals surface area (Å²) in [5, 5.41) is 3.60. The SMILES string of the molecule is O=C(Nc1ccccc1C(F)(F)F)N1CCc2c(c3ccccc3n2CC2CC2)C1. The fraction of sp³-hybridized carbons (Fsp3) is 0.348. The van der Waals surface area contributed by atoms with Crippen LogP contribution in [-0.2, 0) is 25.7 Å². The van der Waals surface area contributed by atoms with Crippen LogP contribution in [0, 0.1) is 5.92 Å². The van der Waals surface area contributed by atoms with Crippen molar-refractivity contribution in [2.24, 2.45) is 5.92 Å². The number of fused-ring (bicyclic) bond motifs is 3. The second-order valence-corrected chi connectivity index (χ2v) is 8.14. The van der Waals surface area contributed by atoms with E-state index in [9.17, 15) is 18.0 Å². The van der Waals surface area contributed by atoms with E-state index in [-0.39, 0.29) is 5.69 Å². The largest absolute Gasteiger partial charge is 0.418 e. The number of aromatic nitrogens is 1. The predicted octanol–water partition coefficient (Wildman–Crippen LogP) is 5.66. The summed E-state index contributed by atoms with van der Waals surface area (Å²) in [5.74, 6) is 0.727. The van der Waals surface area contributed by atoms with Crippen LogP contribution in [0.4, 0.5) is 23.7 Å². The zero-order chi connectivity index (χ0) is 20.9. The zero-order valence-corrected chi connectivity index (χ0v) is 16.4. The van der Waals surface area contributed by atoms with Gasteiger partial charge in [0.1, 0.15) is 0 Å². The maximum atomic E-state index is 13.3. The summed E-state index contributed by atoms with van der Waals surface area (Å²) in [6.07, 6.45) is -1.30. The molecule has 156 valence electrons. The topological polar surface area (TPSA) is 37.3 Å². The maximum absolute atomic E-state index is 13.3. The highest BCUT2D eigenvalue weighted by Gasteiger charge is 2.34. The van der Waals surface area contributed by atoms with Gasteiger partial charge in [0.2, 0.25) is 0 Å². The smallest absolute Gasteiger partial charge is 0.344 e. The molecule has 4 nitrogen and oxygen atoms in total. The van der Waals surface area contributed by atoms with Gasteiger partial charge in [-0.15, -0.1) is 0 Å². The monoisotopic (exact) mass is 413 g/mol. The number of amides is 2. The number of urea groups is 1. The number of rotatable bonds is 3. The van der Waals surface area contributed by atoms with Gasteiger partial charge in [-0.05, 0) is 37.0 Å². The van der Waals surface area contributed by atoms with E-state index < -0.39 is 17.8 Å². The first-order chi connectivity index (χ1) is 14.4. The highest BCUT2D eigenvalue weighted by atomic mass is 19.4. The van der Waals surface area contributed by atoms with Crippen molar-refractivity contribution in [3.63, 3.8) is 0 Å². The molecule has 0 unspecified atom stereocenters. The molecule has 7 heteroatoms. The van der Waals surface area contributed by atoms with Gasteiger partial charge in [0.25, 0.3) is 0 Å². The molecule has 2 amide bonds. The third-order valence-electron chi connectivity index (χ3n) is 6.06. The van der Waals surface area contributed by atoms with Crippen LogP contribution in [0.25, 0.3) is 10.9 Å². The van der Waals surface area contributed by atoms with Crippen LogP contribution in [0.5, 0.6) is 0 Å². The van der Waals surface area contributed by atoms with Crippen molar-refractivity contribution in [2.45, 2.75) is 38.5 Å². The minimum absolute atomic E-state index is 0.211. The molecule has 1 aliphatic carbocycles. The van der Waals surface area contributed by atoms with E-state index >= 15 is 0 Å². The Morgan fingerprint density at radius 3 is 2.57 bits per heavy atom. The molecular weight excluding hydrogens is 391 g/mol. The summed E-state index contributed by atoms with van der Waals surface area (Å²) < 4.78 is 42.2. The second kappa shape index (κ2) is 7.07.